The van der Waals surface area contributed by atoms with Crippen LogP contribution in [-0.2, 0) is 57.0 Å². The molecule has 2 fully saturated rings. The Kier molecular flexibility index (Phi) is 37.6. The van der Waals surface area contributed by atoms with Crippen LogP contribution in [0.5, 0.6) is 0 Å². The second-order valence-electron chi connectivity index (χ2n) is 30.3. The van der Waals surface area contributed by atoms with Crippen LogP contribution in [0.4, 0.5) is 0 Å². The van der Waals surface area contributed by atoms with Crippen molar-refractivity contribution in [2.24, 2.45) is 47.3 Å². The van der Waals surface area contributed by atoms with Crippen molar-refractivity contribution in [3.8, 4) is 0 Å². The van der Waals surface area contributed by atoms with Gasteiger partial charge in [0.05, 0.1) is 122 Å². The number of carbonyl (C=O) groups excluding carboxylic acids is 2. The molecule has 8 N–H and O–H groups in total. The summed E-state index contributed by atoms with van der Waals surface area (Å²) in [5, 5.41) is 94.4. The Morgan fingerprint density at radius 2 is 0.806 bits per heavy atom. The number of hydrogen-bond acceptors (Lipinski definition) is 20. The highest BCUT2D eigenvalue weighted by atomic mass is 16.6. The first-order valence-corrected chi connectivity index (χ1v) is 37.1. The molecule has 20 nitrogen and oxygen atoms in total. The van der Waals surface area contributed by atoms with E-state index >= 15 is 0 Å². The van der Waals surface area contributed by atoms with E-state index < -0.39 is 133 Å². The standard InChI is InChI=1S/C78H132O20/c1-45-23-29-57(79)37-59-19-17-21-61(95-59)41-71(91-15)52(8)68(82)44-70(84)54(10)78(56(12)76(88)48(4)28-32-64-40-66(90-14)36-50(6)94-64)98-74(86)34-26-46(2)24-30-58(80)38-60-20-18-22-62(96-60)42-72(92-16)51(7)67(81)43-69(83)53(9)77(97-73(85)33-25-45)55(11)75(87)47(3)27-31-63-39-65(89-13)35-49(5)93-63/h17-20,23-26,33-34,47-72,75-84,87-88H,21-22,27-32,35-44H2,1-16H3/b33-25-,34-26+,45-23-,46-24+/t47-,48+,49-,50-,51+,52+,53+,54-,55-,56+,57-,58+,59-,60-,61+,62-,63+,64+,65+,66+,67+,68-,69+,70-,71-,72-,75-,76+,77+,78-/m0/s1. The van der Waals surface area contributed by atoms with E-state index in [-0.39, 0.29) is 99.2 Å². The number of allylic oxidation sites excluding steroid dienone is 4. The molecule has 0 aromatic rings. The van der Waals surface area contributed by atoms with Crippen LogP contribution >= 0.6 is 0 Å². The Morgan fingerprint density at radius 1 is 0.449 bits per heavy atom. The van der Waals surface area contributed by atoms with Gasteiger partial charge in [-0.15, -0.1) is 0 Å². The molecule has 98 heavy (non-hydrogen) atoms. The Hall–Kier alpha value is -3.26. The molecule has 0 amide bonds. The quantitative estimate of drug-likeness (QED) is 0.0527. The lowest BCUT2D eigenvalue weighted by Crippen LogP contribution is -2.45. The molecule has 4 bridgehead atoms. The maximum Gasteiger partial charge on any atom is 0.331 e. The van der Waals surface area contributed by atoms with E-state index in [4.69, 9.17) is 47.4 Å². The van der Waals surface area contributed by atoms with Gasteiger partial charge in [-0.1, -0.05) is 115 Å². The zero-order valence-electron chi connectivity index (χ0n) is 62.3. The average Bonchev–Trinajstić information content (AvgIpc) is 0.853. The minimum atomic E-state index is -1.16. The lowest BCUT2D eigenvalue weighted by Gasteiger charge is -2.38. The molecule has 2 saturated heterocycles. The number of rotatable bonds is 16. The van der Waals surface area contributed by atoms with Gasteiger partial charge in [-0.3, -0.25) is 0 Å². The molecule has 5 heterocycles. The van der Waals surface area contributed by atoms with Crippen LogP contribution in [0.3, 0.4) is 0 Å². The third-order valence-corrected chi connectivity index (χ3v) is 22.3. The predicted molar refractivity (Wildman–Crippen MR) is 377 cm³/mol. The van der Waals surface area contributed by atoms with Crippen LogP contribution in [0.15, 0.2) is 71.9 Å². The van der Waals surface area contributed by atoms with Gasteiger partial charge in [0, 0.05) is 102 Å². The summed E-state index contributed by atoms with van der Waals surface area (Å²) in [6.07, 6.45) is 14.1. The first-order valence-electron chi connectivity index (χ1n) is 37.1. The molecule has 5 rings (SSSR count). The van der Waals surface area contributed by atoms with E-state index in [0.717, 1.165) is 25.7 Å². The molecule has 0 radical (unpaired) electrons. The largest absolute Gasteiger partial charge is 0.458 e. The number of hydrogen-bond donors (Lipinski definition) is 8. The average molecular weight is 1390 g/mol. The van der Waals surface area contributed by atoms with Crippen molar-refractivity contribution in [1.29, 1.82) is 0 Å². The smallest absolute Gasteiger partial charge is 0.331 e. The summed E-state index contributed by atoms with van der Waals surface area (Å²) in [5.74, 6) is -5.50. The minimum absolute atomic E-state index is 0.0293. The number of carbonyl (C=O) groups is 2. The molecule has 0 aromatic heterocycles. The van der Waals surface area contributed by atoms with Crippen LogP contribution in [0.2, 0.25) is 0 Å². The predicted octanol–water partition coefficient (Wildman–Crippen LogP) is 10.1. The minimum Gasteiger partial charge on any atom is -0.458 e. The first kappa shape index (κ1) is 85.4. The number of ether oxygens (including phenoxy) is 10. The number of aliphatic hydroxyl groups excluding tert-OH is 8. The van der Waals surface area contributed by atoms with E-state index in [1.54, 1.807) is 54.4 Å². The summed E-state index contributed by atoms with van der Waals surface area (Å²) >= 11 is 0. The zero-order valence-corrected chi connectivity index (χ0v) is 62.3. The van der Waals surface area contributed by atoms with E-state index in [0.29, 0.717) is 62.5 Å². The van der Waals surface area contributed by atoms with Crippen molar-refractivity contribution in [1.82, 2.24) is 0 Å². The maximum atomic E-state index is 13.9. The molecule has 0 unspecified atom stereocenters. The van der Waals surface area contributed by atoms with Crippen molar-refractivity contribution in [3.63, 3.8) is 0 Å². The third-order valence-electron chi connectivity index (χ3n) is 22.3. The summed E-state index contributed by atoms with van der Waals surface area (Å²) in [7, 11) is 6.58. The highest BCUT2D eigenvalue weighted by Gasteiger charge is 2.42. The van der Waals surface area contributed by atoms with Gasteiger partial charge < -0.3 is 88.2 Å². The normalized spacial score (nSPS) is 41.1. The lowest BCUT2D eigenvalue weighted by atomic mass is 9.78. The maximum absolute atomic E-state index is 13.9. The zero-order chi connectivity index (χ0) is 72.5. The van der Waals surface area contributed by atoms with Gasteiger partial charge in [-0.2, -0.15) is 0 Å². The Labute approximate surface area is 587 Å². The highest BCUT2D eigenvalue weighted by Crippen LogP contribution is 2.37. The van der Waals surface area contributed by atoms with E-state index in [9.17, 15) is 50.4 Å². The molecule has 0 spiro atoms. The van der Waals surface area contributed by atoms with Gasteiger partial charge in [-0.05, 0) is 129 Å². The Morgan fingerprint density at radius 3 is 1.15 bits per heavy atom. The number of fused-ring (bicyclic) bond motifs is 4. The molecule has 564 valence electrons. The van der Waals surface area contributed by atoms with Crippen LogP contribution in [0.1, 0.15) is 199 Å². The van der Waals surface area contributed by atoms with Crippen molar-refractivity contribution < 1.29 is 97.8 Å². The van der Waals surface area contributed by atoms with Crippen molar-refractivity contribution >= 4 is 11.9 Å². The SMILES string of the molecule is CO[C@H]1C[C@@H](CC[C@@H](C)[C@@H](O)[C@@H](C)[C@H]2OC(=O)/C=C/C(C)=C/C[C@@H](O)C[C@@H]3C=CC[C@@H](C[C@H](OC)[C@H](C)[C@H](O)C[C@@H](O)[C@@H](C)[C@H]([C@@H](C)[C@@H](O)[C@@H](C)CC[C@@H]4C[C@H](OC)C[C@H](C)O4)OC(=O)/C=C\C(C)=C/C[C@H](O)C[C@@H]4C=CC[C@H](C[C@H](OC)[C@H](C)[C@@H](O)C[C@H](O)[C@@H]2C)O4)O3)O[C@@H](C)C1. The summed E-state index contributed by atoms with van der Waals surface area (Å²) in [6, 6.07) is 0. The van der Waals surface area contributed by atoms with Crippen molar-refractivity contribution in [2.75, 3.05) is 28.4 Å². The van der Waals surface area contributed by atoms with E-state index in [2.05, 4.69) is 0 Å². The molecule has 0 aliphatic carbocycles. The highest BCUT2D eigenvalue weighted by molar-refractivity contribution is 5.83. The second-order valence-corrected chi connectivity index (χ2v) is 30.3. The summed E-state index contributed by atoms with van der Waals surface area (Å²) in [4.78, 5) is 27.8. The van der Waals surface area contributed by atoms with Gasteiger partial charge in [-0.25, -0.2) is 9.59 Å². The van der Waals surface area contributed by atoms with Gasteiger partial charge in [0.2, 0.25) is 0 Å². The van der Waals surface area contributed by atoms with E-state index in [1.165, 1.54) is 12.2 Å². The second kappa shape index (κ2) is 43.1. The Bertz CT molecular complexity index is 2320. The fraction of sp³-hybridized carbons (Fsp3) is 0.821. The number of cyclic esters (lactones) is 2. The molecular weight excluding hydrogens is 1260 g/mol. The summed E-state index contributed by atoms with van der Waals surface area (Å²) in [6.45, 7) is 22.5. The van der Waals surface area contributed by atoms with Gasteiger partial charge >= 0.3 is 11.9 Å². The number of esters is 2. The summed E-state index contributed by atoms with van der Waals surface area (Å²) < 4.78 is 61.3. The summed E-state index contributed by atoms with van der Waals surface area (Å²) in [5.41, 5.74) is 1.39. The number of aliphatic hydroxyl groups is 8. The van der Waals surface area contributed by atoms with E-state index in [1.807, 2.05) is 106 Å². The van der Waals surface area contributed by atoms with Crippen LogP contribution in [-0.4, -0.2) is 216 Å². The Balaban J connectivity index is 1.36. The molecule has 5 aliphatic rings. The van der Waals surface area contributed by atoms with Crippen LogP contribution in [0.25, 0.3) is 0 Å². The van der Waals surface area contributed by atoms with Gasteiger partial charge in [0.15, 0.2) is 0 Å². The lowest BCUT2D eigenvalue weighted by molar-refractivity contribution is -0.158. The van der Waals surface area contributed by atoms with Gasteiger partial charge in [0.1, 0.15) is 12.2 Å². The molecule has 0 aromatic carbocycles. The van der Waals surface area contributed by atoms with Crippen molar-refractivity contribution in [3.05, 3.63) is 71.9 Å². The van der Waals surface area contributed by atoms with Crippen molar-refractivity contribution in [2.45, 2.75) is 333 Å². The topological polar surface area (TPSA) is 288 Å². The molecule has 0 saturated carbocycles. The molecular formula is C78H132O20. The molecule has 20 heteroatoms. The van der Waals surface area contributed by atoms with Gasteiger partial charge in [0.25, 0.3) is 0 Å². The first-order chi connectivity index (χ1) is 46.4. The third kappa shape index (κ3) is 28.1. The number of methoxy groups -OCH3 is 4. The molecule has 5 aliphatic heterocycles. The monoisotopic (exact) mass is 1390 g/mol. The van der Waals surface area contributed by atoms with Crippen LogP contribution in [0, 0.1) is 47.3 Å². The van der Waals surface area contributed by atoms with Crippen LogP contribution < -0.4 is 0 Å². The fourth-order valence-electron chi connectivity index (χ4n) is 15.3. The molecule has 30 atom stereocenters. The fourth-order valence-corrected chi connectivity index (χ4v) is 15.3.